The van der Waals surface area contributed by atoms with E-state index in [2.05, 4.69) is 30.1 Å². The molecule has 0 amide bonds. The number of carbonyl (C=O) groups excluding carboxylic acids is 1. The Morgan fingerprint density at radius 1 is 1.60 bits per heavy atom. The van der Waals surface area contributed by atoms with Crippen LogP contribution in [0.5, 0.6) is 0 Å². The molecule has 0 radical (unpaired) electrons. The van der Waals surface area contributed by atoms with Gasteiger partial charge in [-0.15, -0.1) is 0 Å². The van der Waals surface area contributed by atoms with Crippen molar-refractivity contribution in [3.63, 3.8) is 0 Å². The molecule has 1 atom stereocenters. The van der Waals surface area contributed by atoms with Gasteiger partial charge in [-0.3, -0.25) is 9.69 Å². The number of methoxy groups -OCH3 is 1. The lowest BCUT2D eigenvalue weighted by Gasteiger charge is -2.29. The summed E-state index contributed by atoms with van der Waals surface area (Å²) in [4.78, 5) is 13.6. The fourth-order valence-electron chi connectivity index (χ4n) is 2.22. The molecular formula is C12H21NO2. The van der Waals surface area contributed by atoms with Crippen LogP contribution in [0.3, 0.4) is 0 Å². The van der Waals surface area contributed by atoms with Crippen molar-refractivity contribution in [2.45, 2.75) is 45.2 Å². The van der Waals surface area contributed by atoms with Gasteiger partial charge in [0.1, 0.15) is 0 Å². The highest BCUT2D eigenvalue weighted by atomic mass is 16.5. The molecule has 1 rings (SSSR count). The first-order valence-corrected chi connectivity index (χ1v) is 5.56. The molecule has 1 fully saturated rings. The molecule has 0 aromatic rings. The van der Waals surface area contributed by atoms with Crippen LogP contribution in [0.15, 0.2) is 12.2 Å². The van der Waals surface area contributed by atoms with Crippen LogP contribution >= 0.6 is 0 Å². The van der Waals surface area contributed by atoms with E-state index in [1.165, 1.54) is 13.5 Å². The van der Waals surface area contributed by atoms with E-state index >= 15 is 0 Å². The minimum Gasteiger partial charge on any atom is -0.469 e. The van der Waals surface area contributed by atoms with E-state index in [0.717, 1.165) is 18.5 Å². The Bertz CT molecular complexity index is 248. The number of likely N-dealkylation sites (tertiary alicyclic amines) is 1. The number of hydrogen-bond donors (Lipinski definition) is 0. The molecule has 0 bridgehead atoms. The monoisotopic (exact) mass is 211 g/mol. The lowest BCUT2D eigenvalue weighted by molar-refractivity contribution is -0.139. The summed E-state index contributed by atoms with van der Waals surface area (Å²) < 4.78 is 4.66. The van der Waals surface area contributed by atoms with Gasteiger partial charge in [-0.1, -0.05) is 6.58 Å². The van der Waals surface area contributed by atoms with E-state index < -0.39 is 0 Å². The van der Waals surface area contributed by atoms with Gasteiger partial charge in [0, 0.05) is 12.1 Å². The van der Waals surface area contributed by atoms with Crippen LogP contribution in [0.1, 0.15) is 33.1 Å². The van der Waals surface area contributed by atoms with E-state index in [1.807, 2.05) is 0 Å². The zero-order chi connectivity index (χ0) is 11.4. The van der Waals surface area contributed by atoms with Gasteiger partial charge in [0.25, 0.3) is 0 Å². The smallest absolute Gasteiger partial charge is 0.309 e. The summed E-state index contributed by atoms with van der Waals surface area (Å²) in [5.74, 6) is -0.185. The van der Waals surface area contributed by atoms with Crippen molar-refractivity contribution < 1.29 is 9.53 Å². The summed E-state index contributed by atoms with van der Waals surface area (Å²) in [5, 5.41) is 0. The van der Waals surface area contributed by atoms with Crippen molar-refractivity contribution in [3.8, 4) is 0 Å². The van der Waals surface area contributed by atoms with E-state index in [9.17, 15) is 4.79 Å². The maximum atomic E-state index is 11.2. The molecular weight excluding hydrogens is 190 g/mol. The number of rotatable bonds is 4. The average molecular weight is 211 g/mol. The second kappa shape index (κ2) is 5.31. The number of hydrogen-bond acceptors (Lipinski definition) is 3. The average Bonchev–Trinajstić information content (AvgIpc) is 2.65. The van der Waals surface area contributed by atoms with Gasteiger partial charge in [0.15, 0.2) is 0 Å². The van der Waals surface area contributed by atoms with Crippen molar-refractivity contribution in [3.05, 3.63) is 12.2 Å². The molecule has 3 nitrogen and oxygen atoms in total. The zero-order valence-corrected chi connectivity index (χ0v) is 9.95. The highest BCUT2D eigenvalue weighted by Gasteiger charge is 2.29. The number of ether oxygens (including phenoxy) is 1. The first-order valence-electron chi connectivity index (χ1n) is 5.56. The number of carbonyl (C=O) groups is 1. The van der Waals surface area contributed by atoms with E-state index in [-0.39, 0.29) is 5.97 Å². The Balaban J connectivity index is 2.55. The third-order valence-corrected chi connectivity index (χ3v) is 3.03. The highest BCUT2D eigenvalue weighted by molar-refractivity contribution is 5.72. The quantitative estimate of drug-likeness (QED) is 0.526. The first kappa shape index (κ1) is 12.2. The molecule has 0 aromatic heterocycles. The standard InChI is InChI=1S/C12H21NO2/c1-9(2)13-7-5-6-11(13)10(3)8-12(14)15-4/h9,11H,3,5-8H2,1-2,4H3. The second-order valence-electron chi connectivity index (χ2n) is 4.40. The van der Waals surface area contributed by atoms with Gasteiger partial charge >= 0.3 is 5.97 Å². The summed E-state index contributed by atoms with van der Waals surface area (Å²) >= 11 is 0. The van der Waals surface area contributed by atoms with Gasteiger partial charge in [0.05, 0.1) is 13.5 Å². The SMILES string of the molecule is C=C(CC(=O)OC)C1CCCN1C(C)C. The van der Waals surface area contributed by atoms with Crippen molar-refractivity contribution >= 4 is 5.97 Å². The lowest BCUT2D eigenvalue weighted by atomic mass is 10.0. The predicted molar refractivity (Wildman–Crippen MR) is 60.6 cm³/mol. The normalized spacial score (nSPS) is 22.0. The van der Waals surface area contributed by atoms with Gasteiger partial charge in [-0.25, -0.2) is 0 Å². The van der Waals surface area contributed by atoms with Crippen LogP contribution in [0.4, 0.5) is 0 Å². The zero-order valence-electron chi connectivity index (χ0n) is 9.95. The largest absolute Gasteiger partial charge is 0.469 e. The minimum atomic E-state index is -0.185. The Kier molecular flexibility index (Phi) is 4.33. The van der Waals surface area contributed by atoms with Crippen LogP contribution in [0.2, 0.25) is 0 Å². The van der Waals surface area contributed by atoms with Gasteiger partial charge in [-0.05, 0) is 38.8 Å². The van der Waals surface area contributed by atoms with E-state index in [4.69, 9.17) is 0 Å². The Morgan fingerprint density at radius 2 is 2.27 bits per heavy atom. The summed E-state index contributed by atoms with van der Waals surface area (Å²) in [7, 11) is 1.42. The molecule has 0 aliphatic carbocycles. The first-order chi connectivity index (χ1) is 7.06. The van der Waals surface area contributed by atoms with Crippen molar-refractivity contribution in [2.75, 3.05) is 13.7 Å². The molecule has 1 saturated heterocycles. The second-order valence-corrected chi connectivity index (χ2v) is 4.40. The Labute approximate surface area is 92.1 Å². The molecule has 0 spiro atoms. The summed E-state index contributed by atoms with van der Waals surface area (Å²) in [6.45, 7) is 9.50. The fourth-order valence-corrected chi connectivity index (χ4v) is 2.22. The molecule has 86 valence electrons. The van der Waals surface area contributed by atoms with Gasteiger partial charge < -0.3 is 4.74 Å². The van der Waals surface area contributed by atoms with Crippen molar-refractivity contribution in [1.29, 1.82) is 0 Å². The van der Waals surface area contributed by atoms with Crippen molar-refractivity contribution in [2.24, 2.45) is 0 Å². The summed E-state index contributed by atoms with van der Waals surface area (Å²) in [6, 6.07) is 0.885. The third kappa shape index (κ3) is 3.06. The maximum Gasteiger partial charge on any atom is 0.309 e. The number of esters is 1. The lowest BCUT2D eigenvalue weighted by Crippen LogP contribution is -2.36. The molecule has 3 heteroatoms. The Hall–Kier alpha value is -0.830. The summed E-state index contributed by atoms with van der Waals surface area (Å²) in [6.07, 6.45) is 2.67. The van der Waals surface area contributed by atoms with E-state index in [0.29, 0.717) is 18.5 Å². The molecule has 1 aliphatic heterocycles. The molecule has 1 unspecified atom stereocenters. The number of nitrogens with zero attached hydrogens (tertiary/aromatic N) is 1. The van der Waals surface area contributed by atoms with Gasteiger partial charge in [0.2, 0.25) is 0 Å². The van der Waals surface area contributed by atoms with Gasteiger partial charge in [-0.2, -0.15) is 0 Å². The molecule has 1 heterocycles. The van der Waals surface area contributed by atoms with Crippen LogP contribution in [-0.2, 0) is 9.53 Å². The molecule has 0 saturated carbocycles. The molecule has 0 N–H and O–H groups in total. The third-order valence-electron chi connectivity index (χ3n) is 3.03. The minimum absolute atomic E-state index is 0.185. The molecule has 1 aliphatic rings. The van der Waals surface area contributed by atoms with E-state index in [1.54, 1.807) is 0 Å². The van der Waals surface area contributed by atoms with Crippen LogP contribution in [-0.4, -0.2) is 36.6 Å². The summed E-state index contributed by atoms with van der Waals surface area (Å²) in [5.41, 5.74) is 0.994. The fraction of sp³-hybridized carbons (Fsp3) is 0.750. The Morgan fingerprint density at radius 3 is 2.80 bits per heavy atom. The van der Waals surface area contributed by atoms with Crippen molar-refractivity contribution in [1.82, 2.24) is 4.90 Å². The predicted octanol–water partition coefficient (Wildman–Crippen LogP) is 1.98. The maximum absolute atomic E-state index is 11.2. The topological polar surface area (TPSA) is 29.5 Å². The molecule has 0 aromatic carbocycles. The van der Waals surface area contributed by atoms with Crippen LogP contribution in [0.25, 0.3) is 0 Å². The molecule has 15 heavy (non-hydrogen) atoms. The van der Waals surface area contributed by atoms with Crippen LogP contribution < -0.4 is 0 Å². The van der Waals surface area contributed by atoms with Crippen LogP contribution in [0, 0.1) is 0 Å². The highest BCUT2D eigenvalue weighted by Crippen LogP contribution is 2.26.